The van der Waals surface area contributed by atoms with Gasteiger partial charge in [-0.25, -0.2) is 0 Å². The molecular weight excluding hydrogens is 158 g/mol. The van der Waals surface area contributed by atoms with Crippen molar-refractivity contribution in [3.8, 4) is 6.07 Å². The molecular formula is C12H17N. The van der Waals surface area contributed by atoms with Crippen LogP contribution in [0.2, 0.25) is 0 Å². The average molecular weight is 175 g/mol. The maximum Gasteiger partial charge on any atom is 0.0669 e. The highest BCUT2D eigenvalue weighted by Gasteiger charge is 2.21. The van der Waals surface area contributed by atoms with E-state index in [-0.39, 0.29) is 0 Å². The molecule has 70 valence electrons. The minimum atomic E-state index is 0.507. The van der Waals surface area contributed by atoms with Crippen LogP contribution in [0.25, 0.3) is 0 Å². The molecule has 1 aliphatic rings. The Labute approximate surface area is 80.8 Å². The molecule has 1 aliphatic carbocycles. The van der Waals surface area contributed by atoms with Gasteiger partial charge in [0.05, 0.1) is 12.5 Å². The third-order valence-electron chi connectivity index (χ3n) is 2.90. The lowest BCUT2D eigenvalue weighted by Crippen LogP contribution is -2.00. The first-order chi connectivity index (χ1) is 6.27. The van der Waals surface area contributed by atoms with Gasteiger partial charge in [0.2, 0.25) is 0 Å². The number of nitrogens with zero attached hydrogens (tertiary/aromatic N) is 1. The van der Waals surface area contributed by atoms with Crippen molar-refractivity contribution in [2.24, 2.45) is 11.8 Å². The summed E-state index contributed by atoms with van der Waals surface area (Å²) in [6.45, 7) is 6.02. The summed E-state index contributed by atoms with van der Waals surface area (Å²) in [4.78, 5) is 0. The molecule has 1 rings (SSSR count). The van der Waals surface area contributed by atoms with Gasteiger partial charge in [-0.3, -0.25) is 0 Å². The maximum absolute atomic E-state index is 8.57. The second-order valence-electron chi connectivity index (χ2n) is 3.85. The minimum absolute atomic E-state index is 0.507. The molecule has 13 heavy (non-hydrogen) atoms. The summed E-state index contributed by atoms with van der Waals surface area (Å²) in [7, 11) is 0. The van der Waals surface area contributed by atoms with Crippen LogP contribution in [-0.2, 0) is 0 Å². The lowest BCUT2D eigenvalue weighted by Gasteiger charge is -2.10. The van der Waals surface area contributed by atoms with E-state index in [0.29, 0.717) is 12.3 Å². The van der Waals surface area contributed by atoms with Crippen molar-refractivity contribution >= 4 is 0 Å². The SMILES string of the molecule is C=C/C(=C\C1CCCC1C)CC#N. The predicted molar refractivity (Wildman–Crippen MR) is 55.0 cm³/mol. The first-order valence-electron chi connectivity index (χ1n) is 4.98. The summed E-state index contributed by atoms with van der Waals surface area (Å²) in [6, 6.07) is 2.17. The van der Waals surface area contributed by atoms with Crippen LogP contribution in [0.5, 0.6) is 0 Å². The largest absolute Gasteiger partial charge is 0.198 e. The van der Waals surface area contributed by atoms with Crippen molar-refractivity contribution in [2.75, 3.05) is 0 Å². The van der Waals surface area contributed by atoms with Crippen molar-refractivity contribution in [3.05, 3.63) is 24.3 Å². The van der Waals surface area contributed by atoms with Crippen LogP contribution in [0.15, 0.2) is 24.3 Å². The Kier molecular flexibility index (Phi) is 3.76. The van der Waals surface area contributed by atoms with Gasteiger partial charge >= 0.3 is 0 Å². The van der Waals surface area contributed by atoms with Gasteiger partial charge in [-0.05, 0) is 23.8 Å². The fraction of sp³-hybridized carbons (Fsp3) is 0.583. The Morgan fingerprint density at radius 1 is 1.62 bits per heavy atom. The quantitative estimate of drug-likeness (QED) is 0.603. The van der Waals surface area contributed by atoms with Crippen LogP contribution in [0.1, 0.15) is 32.6 Å². The van der Waals surface area contributed by atoms with Crippen LogP contribution in [-0.4, -0.2) is 0 Å². The fourth-order valence-electron chi connectivity index (χ4n) is 1.99. The molecule has 0 aromatic rings. The van der Waals surface area contributed by atoms with Crippen LogP contribution < -0.4 is 0 Å². The van der Waals surface area contributed by atoms with E-state index >= 15 is 0 Å². The molecule has 0 heterocycles. The smallest absolute Gasteiger partial charge is 0.0669 e. The zero-order valence-electron chi connectivity index (χ0n) is 8.29. The Balaban J connectivity index is 2.61. The van der Waals surface area contributed by atoms with Gasteiger partial charge in [0.25, 0.3) is 0 Å². The first-order valence-corrected chi connectivity index (χ1v) is 4.98. The molecule has 2 unspecified atom stereocenters. The zero-order chi connectivity index (χ0) is 9.68. The van der Waals surface area contributed by atoms with Crippen molar-refractivity contribution in [2.45, 2.75) is 32.6 Å². The van der Waals surface area contributed by atoms with Crippen molar-refractivity contribution in [3.63, 3.8) is 0 Å². The zero-order valence-corrected chi connectivity index (χ0v) is 8.29. The summed E-state index contributed by atoms with van der Waals surface area (Å²) in [5.41, 5.74) is 1.10. The van der Waals surface area contributed by atoms with Gasteiger partial charge in [0.15, 0.2) is 0 Å². The van der Waals surface area contributed by atoms with Gasteiger partial charge in [0, 0.05) is 0 Å². The molecule has 0 aromatic heterocycles. The van der Waals surface area contributed by atoms with Crippen LogP contribution >= 0.6 is 0 Å². The topological polar surface area (TPSA) is 23.8 Å². The van der Waals surface area contributed by atoms with Gasteiger partial charge in [-0.2, -0.15) is 5.26 Å². The van der Waals surface area contributed by atoms with E-state index in [9.17, 15) is 0 Å². The van der Waals surface area contributed by atoms with E-state index < -0.39 is 0 Å². The van der Waals surface area contributed by atoms with Crippen molar-refractivity contribution < 1.29 is 0 Å². The molecule has 0 spiro atoms. The van der Waals surface area contributed by atoms with Crippen LogP contribution in [0.4, 0.5) is 0 Å². The van der Waals surface area contributed by atoms with E-state index in [1.165, 1.54) is 19.3 Å². The lowest BCUT2D eigenvalue weighted by atomic mass is 9.95. The van der Waals surface area contributed by atoms with E-state index in [0.717, 1.165) is 11.5 Å². The molecule has 0 aromatic carbocycles. The molecule has 1 fully saturated rings. The summed E-state index contributed by atoms with van der Waals surface area (Å²) in [5, 5.41) is 8.57. The predicted octanol–water partition coefficient (Wildman–Crippen LogP) is 3.45. The van der Waals surface area contributed by atoms with Crippen LogP contribution in [0, 0.1) is 23.2 Å². The van der Waals surface area contributed by atoms with Crippen LogP contribution in [0.3, 0.4) is 0 Å². The molecule has 1 nitrogen and oxygen atoms in total. The summed E-state index contributed by atoms with van der Waals surface area (Å²) in [6.07, 6.45) is 8.51. The van der Waals surface area contributed by atoms with E-state index in [2.05, 4.69) is 25.6 Å². The van der Waals surface area contributed by atoms with Gasteiger partial charge in [0.1, 0.15) is 0 Å². The standard InChI is InChI=1S/C12H17N/c1-3-11(7-8-13)9-12-6-4-5-10(12)2/h3,9-10,12H,1,4-7H2,2H3/b11-9+. The monoisotopic (exact) mass is 175 g/mol. The molecule has 0 bridgehead atoms. The van der Waals surface area contributed by atoms with Crippen molar-refractivity contribution in [1.29, 1.82) is 5.26 Å². The number of hydrogen-bond acceptors (Lipinski definition) is 1. The second kappa shape index (κ2) is 4.87. The Morgan fingerprint density at radius 3 is 2.85 bits per heavy atom. The van der Waals surface area contributed by atoms with Gasteiger partial charge in [-0.1, -0.05) is 38.5 Å². The van der Waals surface area contributed by atoms with Crippen molar-refractivity contribution in [1.82, 2.24) is 0 Å². The summed E-state index contributed by atoms with van der Waals surface area (Å²) in [5.74, 6) is 1.47. The van der Waals surface area contributed by atoms with E-state index in [1.54, 1.807) is 0 Å². The lowest BCUT2D eigenvalue weighted by molar-refractivity contribution is 0.501. The number of nitriles is 1. The molecule has 2 atom stereocenters. The molecule has 1 heteroatoms. The molecule has 0 N–H and O–H groups in total. The molecule has 0 amide bonds. The number of hydrogen-bond donors (Lipinski definition) is 0. The highest BCUT2D eigenvalue weighted by molar-refractivity contribution is 5.21. The highest BCUT2D eigenvalue weighted by atomic mass is 14.3. The summed E-state index contributed by atoms with van der Waals surface area (Å²) >= 11 is 0. The van der Waals surface area contributed by atoms with Gasteiger partial charge in [-0.15, -0.1) is 0 Å². The second-order valence-corrected chi connectivity index (χ2v) is 3.85. The molecule has 0 saturated heterocycles. The number of allylic oxidation sites excluding steroid dienone is 3. The first kappa shape index (κ1) is 10.1. The molecule has 0 aliphatic heterocycles. The Morgan fingerprint density at radius 2 is 2.38 bits per heavy atom. The minimum Gasteiger partial charge on any atom is -0.198 e. The average Bonchev–Trinajstić information content (AvgIpc) is 2.51. The fourth-order valence-corrected chi connectivity index (χ4v) is 1.99. The third-order valence-corrected chi connectivity index (χ3v) is 2.90. The van der Waals surface area contributed by atoms with Gasteiger partial charge < -0.3 is 0 Å². The van der Waals surface area contributed by atoms with E-state index in [1.807, 2.05) is 6.08 Å². The summed E-state index contributed by atoms with van der Waals surface area (Å²) < 4.78 is 0. The maximum atomic E-state index is 8.57. The van der Waals surface area contributed by atoms with E-state index in [4.69, 9.17) is 5.26 Å². The third kappa shape index (κ3) is 2.73. The highest BCUT2D eigenvalue weighted by Crippen LogP contribution is 2.33. The Hall–Kier alpha value is -1.03. The normalized spacial score (nSPS) is 28.5. The number of rotatable bonds is 3. The molecule has 0 radical (unpaired) electrons. The molecule has 1 saturated carbocycles. The Bertz CT molecular complexity index is 244.